The molecule has 1 heterocycles. The maximum atomic E-state index is 6.24. The van der Waals surface area contributed by atoms with E-state index in [1.54, 1.807) is 7.11 Å². The van der Waals surface area contributed by atoms with Gasteiger partial charge in [-0.2, -0.15) is 5.10 Å². The van der Waals surface area contributed by atoms with E-state index in [1.807, 2.05) is 25.7 Å². The average molecular weight is 260 g/mol. The van der Waals surface area contributed by atoms with Gasteiger partial charge in [-0.3, -0.25) is 4.68 Å². The van der Waals surface area contributed by atoms with Crippen molar-refractivity contribution in [3.63, 3.8) is 0 Å². The third-order valence-electron chi connectivity index (χ3n) is 3.01. The van der Waals surface area contributed by atoms with Crippen LogP contribution in [-0.4, -0.2) is 36.6 Å². The molecule has 0 saturated carbocycles. The molecule has 1 unspecified atom stereocenters. The lowest BCUT2D eigenvalue weighted by Crippen LogP contribution is -2.28. The topological polar surface area (TPSA) is 39.1 Å². The molecule has 1 rings (SSSR count). The normalized spacial score (nSPS) is 13.0. The molecule has 1 aromatic heterocycles. The highest BCUT2D eigenvalue weighted by Crippen LogP contribution is 2.21. The third kappa shape index (κ3) is 3.98. The van der Waals surface area contributed by atoms with Crippen LogP contribution in [0.15, 0.2) is 0 Å². The number of rotatable bonds is 7. The predicted octanol–water partition coefficient (Wildman–Crippen LogP) is 1.94. The Bertz CT molecular complexity index is 352. The Morgan fingerprint density at radius 3 is 2.71 bits per heavy atom. The van der Waals surface area contributed by atoms with Crippen molar-refractivity contribution in [2.24, 2.45) is 7.05 Å². The number of likely N-dealkylation sites (N-methyl/N-ethyl adjacent to an activating group) is 1. The number of aryl methyl sites for hydroxylation is 2. The van der Waals surface area contributed by atoms with E-state index in [-0.39, 0.29) is 0 Å². The number of methoxy groups -OCH3 is 1. The van der Waals surface area contributed by atoms with Crippen molar-refractivity contribution in [2.75, 3.05) is 20.8 Å². The van der Waals surface area contributed by atoms with Gasteiger partial charge in [-0.25, -0.2) is 0 Å². The highest BCUT2D eigenvalue weighted by molar-refractivity contribution is 6.31. The lowest BCUT2D eigenvalue weighted by molar-refractivity contribution is 0.189. The van der Waals surface area contributed by atoms with Crippen molar-refractivity contribution >= 4 is 11.6 Å². The predicted molar refractivity (Wildman–Crippen MR) is 70.6 cm³/mol. The minimum absolute atomic E-state index is 0.414. The Labute approximate surface area is 108 Å². The summed E-state index contributed by atoms with van der Waals surface area (Å²) < 4.78 is 6.94. The number of nitrogens with zero attached hydrogens (tertiary/aromatic N) is 2. The standard InChI is InChI=1S/C12H22ClN3O/c1-9-12(13)11(16(3)15-9)8-10(14-2)6-5-7-17-4/h10,14H,5-8H2,1-4H3. The van der Waals surface area contributed by atoms with E-state index < -0.39 is 0 Å². The van der Waals surface area contributed by atoms with Gasteiger partial charge in [-0.15, -0.1) is 0 Å². The van der Waals surface area contributed by atoms with Crippen LogP contribution in [0.1, 0.15) is 24.2 Å². The van der Waals surface area contributed by atoms with Crippen LogP contribution in [0, 0.1) is 6.92 Å². The third-order valence-corrected chi connectivity index (χ3v) is 3.50. The highest BCUT2D eigenvalue weighted by atomic mass is 35.5. The van der Waals surface area contributed by atoms with Crippen LogP contribution in [0.25, 0.3) is 0 Å². The number of aromatic nitrogens is 2. The monoisotopic (exact) mass is 259 g/mol. The van der Waals surface area contributed by atoms with Gasteiger partial charge in [0, 0.05) is 33.2 Å². The van der Waals surface area contributed by atoms with Gasteiger partial charge in [0.05, 0.1) is 16.4 Å². The second kappa shape index (κ2) is 6.99. The number of nitrogens with one attached hydrogen (secondary N) is 1. The molecular formula is C12H22ClN3O. The molecule has 0 saturated heterocycles. The Kier molecular flexibility index (Phi) is 5.95. The number of halogens is 1. The fraction of sp³-hybridized carbons (Fsp3) is 0.750. The Balaban J connectivity index is 2.60. The summed E-state index contributed by atoms with van der Waals surface area (Å²) in [6, 6.07) is 0.414. The van der Waals surface area contributed by atoms with E-state index in [1.165, 1.54) is 0 Å². The van der Waals surface area contributed by atoms with Crippen LogP contribution >= 0.6 is 11.6 Å². The van der Waals surface area contributed by atoms with Gasteiger partial charge in [-0.05, 0) is 26.8 Å². The van der Waals surface area contributed by atoms with E-state index in [9.17, 15) is 0 Å². The fourth-order valence-electron chi connectivity index (χ4n) is 1.96. The fourth-order valence-corrected chi connectivity index (χ4v) is 2.20. The zero-order valence-corrected chi connectivity index (χ0v) is 11.8. The van der Waals surface area contributed by atoms with Crippen LogP contribution in [-0.2, 0) is 18.2 Å². The first-order valence-electron chi connectivity index (χ1n) is 5.94. The molecule has 0 aliphatic carbocycles. The number of hydrogen-bond acceptors (Lipinski definition) is 3. The molecule has 0 aromatic carbocycles. The highest BCUT2D eigenvalue weighted by Gasteiger charge is 2.15. The number of ether oxygens (including phenoxy) is 1. The molecule has 0 bridgehead atoms. The maximum absolute atomic E-state index is 6.24. The van der Waals surface area contributed by atoms with Crippen LogP contribution in [0.3, 0.4) is 0 Å². The summed E-state index contributed by atoms with van der Waals surface area (Å²) in [5.74, 6) is 0. The van der Waals surface area contributed by atoms with Gasteiger partial charge in [-0.1, -0.05) is 11.6 Å². The number of hydrogen-bond donors (Lipinski definition) is 1. The van der Waals surface area contributed by atoms with E-state index in [0.29, 0.717) is 6.04 Å². The van der Waals surface area contributed by atoms with E-state index in [4.69, 9.17) is 16.3 Å². The first kappa shape index (κ1) is 14.5. The van der Waals surface area contributed by atoms with Gasteiger partial charge >= 0.3 is 0 Å². The molecule has 1 N–H and O–H groups in total. The summed E-state index contributed by atoms with van der Waals surface area (Å²) in [4.78, 5) is 0. The molecular weight excluding hydrogens is 238 g/mol. The van der Waals surface area contributed by atoms with Crippen LogP contribution in [0.4, 0.5) is 0 Å². The molecule has 1 atom stereocenters. The molecule has 0 aliphatic heterocycles. The van der Waals surface area contributed by atoms with Crippen molar-refractivity contribution in [3.8, 4) is 0 Å². The second-order valence-corrected chi connectivity index (χ2v) is 4.67. The minimum atomic E-state index is 0.414. The summed E-state index contributed by atoms with van der Waals surface area (Å²) in [7, 11) is 5.65. The van der Waals surface area contributed by atoms with Crippen molar-refractivity contribution in [2.45, 2.75) is 32.2 Å². The zero-order chi connectivity index (χ0) is 12.8. The molecule has 0 aliphatic rings. The Morgan fingerprint density at radius 1 is 1.53 bits per heavy atom. The molecule has 0 radical (unpaired) electrons. The Morgan fingerprint density at radius 2 is 2.24 bits per heavy atom. The van der Waals surface area contributed by atoms with Gasteiger partial charge in [0.25, 0.3) is 0 Å². The van der Waals surface area contributed by atoms with Crippen molar-refractivity contribution in [1.82, 2.24) is 15.1 Å². The van der Waals surface area contributed by atoms with Gasteiger partial charge < -0.3 is 10.1 Å². The Hall–Kier alpha value is -0.580. The van der Waals surface area contributed by atoms with E-state index >= 15 is 0 Å². The van der Waals surface area contributed by atoms with Gasteiger partial charge in [0.15, 0.2) is 0 Å². The largest absolute Gasteiger partial charge is 0.385 e. The SMILES string of the molecule is CNC(CCCOC)Cc1c(Cl)c(C)nn1C. The molecule has 5 heteroatoms. The average Bonchev–Trinajstić information content (AvgIpc) is 2.54. The second-order valence-electron chi connectivity index (χ2n) is 4.29. The van der Waals surface area contributed by atoms with Crippen LogP contribution < -0.4 is 5.32 Å². The smallest absolute Gasteiger partial charge is 0.0847 e. The summed E-state index contributed by atoms with van der Waals surface area (Å²) in [5, 5.41) is 8.44. The van der Waals surface area contributed by atoms with E-state index in [0.717, 1.165) is 42.3 Å². The maximum Gasteiger partial charge on any atom is 0.0847 e. The molecule has 0 amide bonds. The molecule has 0 spiro atoms. The summed E-state index contributed by atoms with van der Waals surface area (Å²) >= 11 is 6.24. The first-order chi connectivity index (χ1) is 8.10. The summed E-state index contributed by atoms with van der Waals surface area (Å²) in [6.45, 7) is 2.74. The van der Waals surface area contributed by atoms with Gasteiger partial charge in [0.1, 0.15) is 0 Å². The van der Waals surface area contributed by atoms with Gasteiger partial charge in [0.2, 0.25) is 0 Å². The summed E-state index contributed by atoms with van der Waals surface area (Å²) in [5.41, 5.74) is 2.00. The lowest BCUT2D eigenvalue weighted by atomic mass is 10.1. The molecule has 1 aromatic rings. The molecule has 4 nitrogen and oxygen atoms in total. The van der Waals surface area contributed by atoms with Crippen molar-refractivity contribution in [3.05, 3.63) is 16.4 Å². The first-order valence-corrected chi connectivity index (χ1v) is 6.32. The van der Waals surface area contributed by atoms with Crippen LogP contribution in [0.2, 0.25) is 5.02 Å². The molecule has 0 fully saturated rings. The quantitative estimate of drug-likeness (QED) is 0.761. The zero-order valence-electron chi connectivity index (χ0n) is 11.1. The lowest BCUT2D eigenvalue weighted by Gasteiger charge is -2.16. The minimum Gasteiger partial charge on any atom is -0.385 e. The molecule has 98 valence electrons. The van der Waals surface area contributed by atoms with E-state index in [2.05, 4.69) is 10.4 Å². The van der Waals surface area contributed by atoms with Crippen LogP contribution in [0.5, 0.6) is 0 Å². The summed E-state index contributed by atoms with van der Waals surface area (Å²) in [6.07, 6.45) is 3.03. The molecule has 17 heavy (non-hydrogen) atoms. The van der Waals surface area contributed by atoms with Crippen molar-refractivity contribution < 1.29 is 4.74 Å². The van der Waals surface area contributed by atoms with Crippen molar-refractivity contribution in [1.29, 1.82) is 0 Å².